The van der Waals surface area contributed by atoms with Crippen LogP contribution in [0, 0.1) is 5.92 Å². The van der Waals surface area contributed by atoms with Crippen molar-refractivity contribution in [3.8, 4) is 5.75 Å². The van der Waals surface area contributed by atoms with Gasteiger partial charge in [0.05, 0.1) is 11.6 Å². The normalized spacial score (nSPS) is 17.3. The average Bonchev–Trinajstić information content (AvgIpc) is 2.84. The quantitative estimate of drug-likeness (QED) is 0.222. The molecule has 2 aromatic rings. The average molecular weight is 469 g/mol. The molecular formula is C25H36N6O3. The number of carbonyl (C=O) groups is 1. The number of carbonyl (C=O) groups excluding carboxylic acids is 1. The maximum atomic E-state index is 11.6. The summed E-state index contributed by atoms with van der Waals surface area (Å²) in [5, 5.41) is 10.1. The van der Waals surface area contributed by atoms with Crippen LogP contribution in [0.1, 0.15) is 26.3 Å². The van der Waals surface area contributed by atoms with E-state index in [1.807, 2.05) is 50.4 Å². The summed E-state index contributed by atoms with van der Waals surface area (Å²) in [6.07, 6.45) is 5.65. The predicted octanol–water partition coefficient (Wildman–Crippen LogP) is 1.71. The molecule has 4 N–H and O–H groups in total. The van der Waals surface area contributed by atoms with Gasteiger partial charge in [-0.2, -0.15) is 0 Å². The number of benzene rings is 1. The van der Waals surface area contributed by atoms with Crippen molar-refractivity contribution in [1.82, 2.24) is 20.2 Å². The predicted molar refractivity (Wildman–Crippen MR) is 134 cm³/mol. The van der Waals surface area contributed by atoms with Gasteiger partial charge >= 0.3 is 0 Å². The standard InChI is InChI=1S/C25H36N6O3/c1-4-5-24(29-19(3)18(2)14-28-26)34-22-7-6-21-12-20(15-27-23(21)13-22)16-30-8-10-31(11-9-30)25(33)17-32/h4-7,12-13,15,18-19,28,32H,8-11,14,16-17,26H2,1-3H3/b5-4-,29-24?. The summed E-state index contributed by atoms with van der Waals surface area (Å²) < 4.78 is 6.07. The molecule has 2 heterocycles. The number of hydrazine groups is 1. The summed E-state index contributed by atoms with van der Waals surface area (Å²) in [6, 6.07) is 8.06. The molecule has 0 radical (unpaired) electrons. The van der Waals surface area contributed by atoms with Gasteiger partial charge in [0.15, 0.2) is 0 Å². The fourth-order valence-electron chi connectivity index (χ4n) is 3.86. The molecule has 3 rings (SSSR count). The molecule has 0 saturated carbocycles. The van der Waals surface area contributed by atoms with Crippen LogP contribution < -0.4 is 16.0 Å². The minimum absolute atomic E-state index is 0.0482. The SMILES string of the molecule is C/C=C\C(=NC(C)C(C)CNN)Oc1ccc2cc(CN3CCN(C(=O)CO)CC3)cnc2c1. The first-order chi connectivity index (χ1) is 16.4. The molecule has 1 amide bonds. The topological polar surface area (TPSA) is 116 Å². The number of aliphatic hydroxyl groups is 1. The number of allylic oxidation sites excluding steroid dienone is 1. The number of ether oxygens (including phenoxy) is 1. The Kier molecular flexibility index (Phi) is 9.52. The Balaban J connectivity index is 1.66. The summed E-state index contributed by atoms with van der Waals surface area (Å²) in [6.45, 7) is 9.92. The Morgan fingerprint density at radius 2 is 2.06 bits per heavy atom. The molecule has 1 saturated heterocycles. The highest BCUT2D eigenvalue weighted by atomic mass is 16.5. The van der Waals surface area contributed by atoms with E-state index in [4.69, 9.17) is 20.7 Å². The molecule has 9 nitrogen and oxygen atoms in total. The van der Waals surface area contributed by atoms with Gasteiger partial charge in [-0.1, -0.05) is 13.0 Å². The molecule has 0 spiro atoms. The Hall–Kier alpha value is -2.85. The van der Waals surface area contributed by atoms with Crippen LogP contribution in [0.2, 0.25) is 0 Å². The maximum absolute atomic E-state index is 11.6. The fraction of sp³-hybridized carbons (Fsp3) is 0.480. The molecular weight excluding hydrogens is 432 g/mol. The molecule has 9 heteroatoms. The van der Waals surface area contributed by atoms with E-state index in [-0.39, 0.29) is 17.9 Å². The molecule has 0 aliphatic carbocycles. The number of hydrogen-bond acceptors (Lipinski definition) is 8. The molecule has 1 aliphatic heterocycles. The van der Waals surface area contributed by atoms with Crippen LogP contribution in [-0.2, 0) is 11.3 Å². The largest absolute Gasteiger partial charge is 0.439 e. The number of pyridine rings is 1. The number of hydrogen-bond donors (Lipinski definition) is 3. The molecule has 1 aromatic carbocycles. The van der Waals surface area contributed by atoms with Gasteiger partial charge in [0.2, 0.25) is 11.8 Å². The molecule has 34 heavy (non-hydrogen) atoms. The van der Waals surface area contributed by atoms with Crippen LogP contribution in [0.4, 0.5) is 0 Å². The summed E-state index contributed by atoms with van der Waals surface area (Å²) in [7, 11) is 0. The zero-order valence-corrected chi connectivity index (χ0v) is 20.3. The van der Waals surface area contributed by atoms with Gasteiger partial charge in [0.25, 0.3) is 0 Å². The van der Waals surface area contributed by atoms with Crippen molar-refractivity contribution in [2.45, 2.75) is 33.4 Å². The Morgan fingerprint density at radius 1 is 1.29 bits per heavy atom. The first-order valence-electron chi connectivity index (χ1n) is 11.7. The second kappa shape index (κ2) is 12.6. The number of aromatic nitrogens is 1. The monoisotopic (exact) mass is 468 g/mol. The first kappa shape index (κ1) is 25.8. The lowest BCUT2D eigenvalue weighted by Crippen LogP contribution is -2.49. The Bertz CT molecular complexity index is 1020. The van der Waals surface area contributed by atoms with Gasteiger partial charge in [-0.05, 0) is 49.6 Å². The molecule has 2 atom stereocenters. The van der Waals surface area contributed by atoms with Crippen molar-refractivity contribution < 1.29 is 14.6 Å². The highest BCUT2D eigenvalue weighted by molar-refractivity contribution is 5.90. The van der Waals surface area contributed by atoms with Crippen molar-refractivity contribution in [3.63, 3.8) is 0 Å². The van der Waals surface area contributed by atoms with E-state index in [0.717, 1.165) is 36.1 Å². The van der Waals surface area contributed by atoms with Crippen LogP contribution in [0.25, 0.3) is 10.9 Å². The molecule has 2 unspecified atom stereocenters. The zero-order valence-electron chi connectivity index (χ0n) is 20.3. The number of fused-ring (bicyclic) bond motifs is 1. The summed E-state index contributed by atoms with van der Waals surface area (Å²) in [5.74, 6) is 6.74. The number of amides is 1. The lowest BCUT2D eigenvalue weighted by molar-refractivity contribution is -0.135. The number of nitrogens with two attached hydrogens (primary N) is 1. The van der Waals surface area contributed by atoms with Crippen molar-refractivity contribution in [1.29, 1.82) is 0 Å². The maximum Gasteiger partial charge on any atom is 0.248 e. The van der Waals surface area contributed by atoms with Crippen LogP contribution in [0.3, 0.4) is 0 Å². The minimum atomic E-state index is -0.424. The number of nitrogens with one attached hydrogen (secondary N) is 1. The second-order valence-electron chi connectivity index (χ2n) is 8.71. The van der Waals surface area contributed by atoms with E-state index in [0.29, 0.717) is 31.3 Å². The number of piperazine rings is 1. The summed E-state index contributed by atoms with van der Waals surface area (Å²) >= 11 is 0. The zero-order chi connectivity index (χ0) is 24.5. The highest BCUT2D eigenvalue weighted by Crippen LogP contribution is 2.22. The molecule has 1 aromatic heterocycles. The van der Waals surface area contributed by atoms with Crippen molar-refractivity contribution >= 4 is 22.7 Å². The third kappa shape index (κ3) is 7.07. The van der Waals surface area contributed by atoms with E-state index in [1.54, 1.807) is 4.90 Å². The van der Waals surface area contributed by atoms with Crippen molar-refractivity contribution in [3.05, 3.63) is 48.2 Å². The minimum Gasteiger partial charge on any atom is -0.439 e. The summed E-state index contributed by atoms with van der Waals surface area (Å²) in [4.78, 5) is 25.0. The number of aliphatic imine (C=N–C) groups is 1. The van der Waals surface area contributed by atoms with Gasteiger partial charge in [0, 0.05) is 56.9 Å². The first-order valence-corrected chi connectivity index (χ1v) is 11.7. The third-order valence-electron chi connectivity index (χ3n) is 6.10. The van der Waals surface area contributed by atoms with E-state index < -0.39 is 6.61 Å². The molecule has 0 bridgehead atoms. The lowest BCUT2D eigenvalue weighted by atomic mass is 10.1. The van der Waals surface area contributed by atoms with Gasteiger partial charge in [-0.25, -0.2) is 4.99 Å². The van der Waals surface area contributed by atoms with Gasteiger partial charge < -0.3 is 14.7 Å². The van der Waals surface area contributed by atoms with Crippen molar-refractivity contribution in [2.75, 3.05) is 39.3 Å². The van der Waals surface area contributed by atoms with Gasteiger partial charge in [0.1, 0.15) is 12.4 Å². The van der Waals surface area contributed by atoms with Gasteiger partial charge in [-0.15, -0.1) is 0 Å². The van der Waals surface area contributed by atoms with E-state index >= 15 is 0 Å². The Labute approximate surface area is 201 Å². The van der Waals surface area contributed by atoms with E-state index in [1.165, 1.54) is 0 Å². The van der Waals surface area contributed by atoms with Gasteiger partial charge in [-0.3, -0.25) is 25.9 Å². The number of nitrogens with zero attached hydrogens (tertiary/aromatic N) is 4. The second-order valence-corrected chi connectivity index (χ2v) is 8.71. The van der Waals surface area contributed by atoms with Crippen LogP contribution >= 0.6 is 0 Å². The van der Waals surface area contributed by atoms with Crippen LogP contribution in [0.5, 0.6) is 5.75 Å². The smallest absolute Gasteiger partial charge is 0.248 e. The number of rotatable bonds is 9. The molecule has 1 fully saturated rings. The van der Waals surface area contributed by atoms with Crippen molar-refractivity contribution in [2.24, 2.45) is 16.8 Å². The number of aliphatic hydroxyl groups excluding tert-OH is 1. The third-order valence-corrected chi connectivity index (χ3v) is 6.10. The highest BCUT2D eigenvalue weighted by Gasteiger charge is 2.20. The summed E-state index contributed by atoms with van der Waals surface area (Å²) in [5.41, 5.74) is 4.67. The van der Waals surface area contributed by atoms with Crippen LogP contribution in [0.15, 0.2) is 47.6 Å². The van der Waals surface area contributed by atoms with E-state index in [9.17, 15) is 4.79 Å². The molecule has 1 aliphatic rings. The lowest BCUT2D eigenvalue weighted by Gasteiger charge is -2.34. The fourth-order valence-corrected chi connectivity index (χ4v) is 3.86. The van der Waals surface area contributed by atoms with E-state index in [2.05, 4.69) is 28.3 Å². The Morgan fingerprint density at radius 3 is 2.74 bits per heavy atom. The van der Waals surface area contributed by atoms with Crippen LogP contribution in [-0.4, -0.2) is 77.1 Å². The molecule has 184 valence electrons.